The quantitative estimate of drug-likeness (QED) is 0.317. The maximum absolute atomic E-state index is 13.9. The first-order valence-corrected chi connectivity index (χ1v) is 13.9. The van der Waals surface area contributed by atoms with E-state index in [1.54, 1.807) is 12.0 Å². The molecular weight excluding hydrogens is 518 g/mol. The van der Waals surface area contributed by atoms with Crippen LogP contribution in [-0.2, 0) is 17.8 Å². The Morgan fingerprint density at radius 2 is 1.78 bits per heavy atom. The molecule has 5 N–H and O–H groups in total. The van der Waals surface area contributed by atoms with Crippen molar-refractivity contribution in [3.63, 3.8) is 0 Å². The van der Waals surface area contributed by atoms with E-state index in [9.17, 15) is 14.4 Å². The summed E-state index contributed by atoms with van der Waals surface area (Å²) in [5.41, 5.74) is 10.4. The molecule has 1 heterocycles. The number of rotatable bonds is 9. The average molecular weight is 558 g/mol. The summed E-state index contributed by atoms with van der Waals surface area (Å²) in [4.78, 5) is 40.8. The van der Waals surface area contributed by atoms with Gasteiger partial charge in [-0.2, -0.15) is 0 Å². The predicted molar refractivity (Wildman–Crippen MR) is 161 cm³/mol. The van der Waals surface area contributed by atoms with Crippen LogP contribution in [0.2, 0.25) is 0 Å². The number of nitrogens with zero attached hydrogens (tertiary/aromatic N) is 1. The van der Waals surface area contributed by atoms with Gasteiger partial charge in [-0.3, -0.25) is 9.59 Å². The summed E-state index contributed by atoms with van der Waals surface area (Å²) < 4.78 is 5.43. The Morgan fingerprint density at radius 1 is 1.05 bits per heavy atom. The second-order valence-corrected chi connectivity index (χ2v) is 10.9. The highest BCUT2D eigenvalue weighted by Crippen LogP contribution is 2.32. The third kappa shape index (κ3) is 7.43. The van der Waals surface area contributed by atoms with E-state index in [2.05, 4.69) is 16.0 Å². The second-order valence-electron chi connectivity index (χ2n) is 10.9. The van der Waals surface area contributed by atoms with Gasteiger partial charge in [0.15, 0.2) is 0 Å². The number of amides is 4. The summed E-state index contributed by atoms with van der Waals surface area (Å²) in [5.74, 6) is 0.398. The van der Waals surface area contributed by atoms with Gasteiger partial charge in [0, 0.05) is 29.9 Å². The van der Waals surface area contributed by atoms with E-state index in [-0.39, 0.29) is 18.4 Å². The monoisotopic (exact) mass is 557 g/mol. The number of nitrogens with two attached hydrogens (primary N) is 1. The van der Waals surface area contributed by atoms with Gasteiger partial charge in [0.05, 0.1) is 13.7 Å². The van der Waals surface area contributed by atoms with Crippen LogP contribution in [0.4, 0.5) is 10.5 Å². The van der Waals surface area contributed by atoms with Crippen molar-refractivity contribution in [1.29, 1.82) is 0 Å². The van der Waals surface area contributed by atoms with Crippen molar-refractivity contribution in [2.24, 2.45) is 5.73 Å². The molecule has 1 aliphatic rings. The lowest BCUT2D eigenvalue weighted by Gasteiger charge is -2.27. The van der Waals surface area contributed by atoms with Crippen LogP contribution in [0.15, 0.2) is 66.7 Å². The second kappa shape index (κ2) is 12.9. The number of nitrogens with one attached hydrogen (secondary N) is 3. The van der Waals surface area contributed by atoms with Crippen molar-refractivity contribution in [3.05, 3.63) is 83.4 Å². The zero-order chi connectivity index (χ0) is 29.6. The Morgan fingerprint density at radius 3 is 2.46 bits per heavy atom. The number of carbonyl (C=O) groups is 3. The lowest BCUT2D eigenvalue weighted by Crippen LogP contribution is -2.53. The number of hydrogen-bond acceptors (Lipinski definition) is 5. The number of fused-ring (bicyclic) bond motifs is 1. The number of methoxy groups -OCH3 is 1. The predicted octanol–water partition coefficient (Wildman–Crippen LogP) is 4.00. The number of benzene rings is 3. The molecule has 9 heteroatoms. The maximum Gasteiger partial charge on any atom is 0.315 e. The van der Waals surface area contributed by atoms with E-state index in [0.717, 1.165) is 27.9 Å². The summed E-state index contributed by atoms with van der Waals surface area (Å²) in [5, 5.41) is 8.48. The van der Waals surface area contributed by atoms with Gasteiger partial charge in [0.25, 0.3) is 5.91 Å². The normalized spacial score (nSPS) is 15.0. The van der Waals surface area contributed by atoms with Crippen LogP contribution in [0, 0.1) is 0 Å². The molecule has 41 heavy (non-hydrogen) atoms. The van der Waals surface area contributed by atoms with E-state index in [1.807, 2.05) is 87.5 Å². The molecule has 0 fully saturated rings. The standard InChI is InChI=1S/C32H39N5O4/c1-5-34-29(38)26-9-7-6-8-25(26)22-12-10-21(11-13-22)19-37-28-17-15-24(41-4)18-23(28)14-16-27(30(37)39)36-31(40)35-20-32(2,3)33/h6-13,15,17-18,27H,5,14,16,19-20,33H2,1-4H3,(H,34,38)(H2,35,36,40)/t27-/m1/s1. The first kappa shape index (κ1) is 29.6. The van der Waals surface area contributed by atoms with Gasteiger partial charge in [-0.1, -0.05) is 42.5 Å². The van der Waals surface area contributed by atoms with E-state index in [1.165, 1.54) is 0 Å². The van der Waals surface area contributed by atoms with E-state index in [4.69, 9.17) is 10.5 Å². The van der Waals surface area contributed by atoms with Crippen molar-refractivity contribution < 1.29 is 19.1 Å². The fraction of sp³-hybridized carbons (Fsp3) is 0.344. The minimum absolute atomic E-state index is 0.119. The van der Waals surface area contributed by atoms with Gasteiger partial charge < -0.3 is 31.3 Å². The summed E-state index contributed by atoms with van der Waals surface area (Å²) in [6, 6.07) is 19.9. The van der Waals surface area contributed by atoms with Crippen LogP contribution in [0.25, 0.3) is 11.1 Å². The smallest absolute Gasteiger partial charge is 0.315 e. The summed E-state index contributed by atoms with van der Waals surface area (Å²) in [7, 11) is 1.61. The molecule has 4 amide bonds. The molecule has 0 aliphatic carbocycles. The number of anilines is 1. The molecule has 0 radical (unpaired) electrons. The first-order valence-electron chi connectivity index (χ1n) is 13.9. The average Bonchev–Trinajstić information content (AvgIpc) is 3.08. The van der Waals surface area contributed by atoms with Gasteiger partial charge in [-0.05, 0) is 80.1 Å². The molecule has 0 bridgehead atoms. The molecule has 0 unspecified atom stereocenters. The van der Waals surface area contributed by atoms with Crippen molar-refractivity contribution in [3.8, 4) is 16.9 Å². The number of carbonyl (C=O) groups excluding carboxylic acids is 3. The fourth-order valence-electron chi connectivity index (χ4n) is 4.86. The van der Waals surface area contributed by atoms with Crippen molar-refractivity contribution >= 4 is 23.5 Å². The molecule has 0 spiro atoms. The van der Waals surface area contributed by atoms with Crippen LogP contribution in [-0.4, -0.2) is 49.6 Å². The molecular formula is C32H39N5O4. The van der Waals surface area contributed by atoms with Crippen molar-refractivity contribution in [2.45, 2.75) is 51.7 Å². The molecule has 1 aliphatic heterocycles. The molecule has 216 valence electrons. The Hall–Kier alpha value is -4.37. The van der Waals surface area contributed by atoms with Gasteiger partial charge in [-0.25, -0.2) is 4.79 Å². The third-order valence-corrected chi connectivity index (χ3v) is 6.97. The first-order chi connectivity index (χ1) is 19.6. The van der Waals surface area contributed by atoms with E-state index >= 15 is 0 Å². The lowest BCUT2D eigenvalue weighted by atomic mass is 9.98. The number of ether oxygens (including phenoxy) is 1. The Kier molecular flexibility index (Phi) is 9.29. The van der Waals surface area contributed by atoms with Crippen LogP contribution in [0.1, 0.15) is 48.7 Å². The highest BCUT2D eigenvalue weighted by atomic mass is 16.5. The zero-order valence-corrected chi connectivity index (χ0v) is 24.1. The van der Waals surface area contributed by atoms with Crippen LogP contribution in [0.5, 0.6) is 5.75 Å². The highest BCUT2D eigenvalue weighted by Gasteiger charge is 2.32. The van der Waals surface area contributed by atoms with Gasteiger partial charge in [-0.15, -0.1) is 0 Å². The van der Waals surface area contributed by atoms with Crippen LogP contribution < -0.4 is 31.3 Å². The minimum Gasteiger partial charge on any atom is -0.497 e. The summed E-state index contributed by atoms with van der Waals surface area (Å²) >= 11 is 0. The van der Waals surface area contributed by atoms with Crippen molar-refractivity contribution in [1.82, 2.24) is 16.0 Å². The molecule has 4 rings (SSSR count). The molecule has 3 aromatic rings. The molecule has 0 aromatic heterocycles. The van der Waals surface area contributed by atoms with E-state index < -0.39 is 17.6 Å². The van der Waals surface area contributed by atoms with Crippen LogP contribution in [0.3, 0.4) is 0 Å². The number of hydrogen-bond donors (Lipinski definition) is 4. The zero-order valence-electron chi connectivity index (χ0n) is 24.1. The summed E-state index contributed by atoms with van der Waals surface area (Å²) in [6.07, 6.45) is 1.04. The maximum atomic E-state index is 13.9. The molecule has 3 aromatic carbocycles. The topological polar surface area (TPSA) is 126 Å². The number of aryl methyl sites for hydroxylation is 1. The van der Waals surface area contributed by atoms with E-state index in [0.29, 0.717) is 37.2 Å². The SMILES string of the molecule is CCNC(=O)c1ccccc1-c1ccc(CN2C(=O)[C@H](NC(=O)NCC(C)(C)N)CCc3cc(OC)ccc32)cc1. The van der Waals surface area contributed by atoms with Gasteiger partial charge >= 0.3 is 6.03 Å². The Balaban J connectivity index is 1.60. The molecule has 0 saturated heterocycles. The molecule has 9 nitrogen and oxygen atoms in total. The highest BCUT2D eigenvalue weighted by molar-refractivity contribution is 6.01. The third-order valence-electron chi connectivity index (χ3n) is 6.97. The largest absolute Gasteiger partial charge is 0.497 e. The minimum atomic E-state index is -0.711. The van der Waals surface area contributed by atoms with Gasteiger partial charge in [0.1, 0.15) is 11.8 Å². The van der Waals surface area contributed by atoms with Crippen LogP contribution >= 0.6 is 0 Å². The molecule has 1 atom stereocenters. The Labute approximate surface area is 241 Å². The van der Waals surface area contributed by atoms with Crippen molar-refractivity contribution in [2.75, 3.05) is 25.1 Å². The Bertz CT molecular complexity index is 1400. The number of urea groups is 1. The lowest BCUT2D eigenvalue weighted by molar-refractivity contribution is -0.120. The summed E-state index contributed by atoms with van der Waals surface area (Å²) in [6.45, 7) is 6.66. The van der Waals surface area contributed by atoms with Gasteiger partial charge in [0.2, 0.25) is 5.91 Å². The molecule has 0 saturated carbocycles. The fourth-order valence-corrected chi connectivity index (χ4v) is 4.86.